The number of pyridine rings is 1. The van der Waals surface area contributed by atoms with Gasteiger partial charge in [-0.2, -0.15) is 5.10 Å². The van der Waals surface area contributed by atoms with Gasteiger partial charge in [-0.15, -0.1) is 0 Å². The quantitative estimate of drug-likeness (QED) is 0.909. The molecule has 1 unspecified atom stereocenters. The second-order valence-electron chi connectivity index (χ2n) is 5.33. The van der Waals surface area contributed by atoms with E-state index in [2.05, 4.69) is 40.5 Å². The van der Waals surface area contributed by atoms with Crippen molar-refractivity contribution < 1.29 is 0 Å². The summed E-state index contributed by atoms with van der Waals surface area (Å²) in [6.07, 6.45) is 1.91. The Morgan fingerprint density at radius 2 is 1.85 bits per heavy atom. The van der Waals surface area contributed by atoms with Gasteiger partial charge in [0.05, 0.1) is 5.69 Å². The van der Waals surface area contributed by atoms with Gasteiger partial charge in [-0.25, -0.2) is 0 Å². The Hall–Kier alpha value is -1.68. The van der Waals surface area contributed by atoms with Crippen LogP contribution in [0.15, 0.2) is 18.2 Å². The largest absolute Gasteiger partial charge is 0.313 e. The molecule has 0 fully saturated rings. The molecule has 2 aromatic rings. The first-order valence-corrected chi connectivity index (χ1v) is 7.17. The number of rotatable bonds is 5. The monoisotopic (exact) mass is 272 g/mol. The van der Waals surface area contributed by atoms with Crippen LogP contribution in [0.2, 0.25) is 0 Å². The topological polar surface area (TPSA) is 42.7 Å². The van der Waals surface area contributed by atoms with E-state index in [1.807, 2.05) is 32.6 Å². The van der Waals surface area contributed by atoms with Gasteiger partial charge in [0.1, 0.15) is 0 Å². The number of likely N-dealkylation sites (N-methyl/N-ethyl adjacent to an activating group) is 1. The second kappa shape index (κ2) is 6.18. The maximum Gasteiger partial charge on any atom is 0.0624 e. The first-order valence-electron chi connectivity index (χ1n) is 7.17. The van der Waals surface area contributed by atoms with E-state index in [0.29, 0.717) is 0 Å². The zero-order valence-electron chi connectivity index (χ0n) is 13.1. The van der Waals surface area contributed by atoms with Crippen LogP contribution in [0.25, 0.3) is 0 Å². The number of nitrogens with zero attached hydrogens (tertiary/aromatic N) is 3. The minimum Gasteiger partial charge on any atom is -0.313 e. The smallest absolute Gasteiger partial charge is 0.0624 e. The average Bonchev–Trinajstić information content (AvgIpc) is 2.75. The standard InChI is InChI=1S/C16H24N4/c1-6-14-9-15(20(5)19-14)10-16(17-4)13-7-11(2)18-12(3)8-13/h7-9,16-17H,6,10H2,1-5H3. The Bertz CT molecular complexity index is 566. The lowest BCUT2D eigenvalue weighted by molar-refractivity contribution is 0.559. The first kappa shape index (κ1) is 14.7. The molecule has 20 heavy (non-hydrogen) atoms. The first-order chi connectivity index (χ1) is 9.53. The number of aromatic nitrogens is 3. The highest BCUT2D eigenvalue weighted by Gasteiger charge is 2.14. The van der Waals surface area contributed by atoms with Crippen molar-refractivity contribution >= 4 is 0 Å². The van der Waals surface area contributed by atoms with Crippen LogP contribution in [0.4, 0.5) is 0 Å². The van der Waals surface area contributed by atoms with Gasteiger partial charge in [-0.05, 0) is 51.1 Å². The zero-order chi connectivity index (χ0) is 14.7. The molecule has 0 amide bonds. The Labute approximate surface area is 121 Å². The van der Waals surface area contributed by atoms with Crippen molar-refractivity contribution in [3.8, 4) is 0 Å². The molecule has 0 aliphatic rings. The van der Waals surface area contributed by atoms with Crippen LogP contribution < -0.4 is 5.32 Å². The highest BCUT2D eigenvalue weighted by atomic mass is 15.3. The molecule has 4 heteroatoms. The molecule has 1 N–H and O–H groups in total. The van der Waals surface area contributed by atoms with E-state index >= 15 is 0 Å². The second-order valence-corrected chi connectivity index (χ2v) is 5.33. The normalized spacial score (nSPS) is 12.7. The third-order valence-corrected chi connectivity index (χ3v) is 3.66. The fourth-order valence-corrected chi connectivity index (χ4v) is 2.60. The highest BCUT2D eigenvalue weighted by molar-refractivity contribution is 5.25. The van der Waals surface area contributed by atoms with Gasteiger partial charge in [0.2, 0.25) is 0 Å². The van der Waals surface area contributed by atoms with Crippen LogP contribution in [-0.4, -0.2) is 21.8 Å². The Morgan fingerprint density at radius 1 is 1.20 bits per heavy atom. The van der Waals surface area contributed by atoms with Crippen molar-refractivity contribution in [2.75, 3.05) is 7.05 Å². The summed E-state index contributed by atoms with van der Waals surface area (Å²) in [5.41, 5.74) is 5.84. The van der Waals surface area contributed by atoms with Crippen molar-refractivity contribution in [2.45, 2.75) is 39.7 Å². The van der Waals surface area contributed by atoms with Crippen molar-refractivity contribution in [3.63, 3.8) is 0 Å². The van der Waals surface area contributed by atoms with E-state index in [1.54, 1.807) is 0 Å². The summed E-state index contributed by atoms with van der Waals surface area (Å²) in [6.45, 7) is 6.22. The SMILES string of the molecule is CCc1cc(CC(NC)c2cc(C)nc(C)c2)n(C)n1. The molecule has 0 bridgehead atoms. The average molecular weight is 272 g/mol. The molecule has 0 aliphatic heterocycles. The summed E-state index contributed by atoms with van der Waals surface area (Å²) >= 11 is 0. The summed E-state index contributed by atoms with van der Waals surface area (Å²) in [4.78, 5) is 4.45. The molecule has 0 saturated carbocycles. The van der Waals surface area contributed by atoms with Crippen LogP contribution in [0.1, 0.15) is 41.3 Å². The van der Waals surface area contributed by atoms with Gasteiger partial charge < -0.3 is 5.32 Å². The van der Waals surface area contributed by atoms with Crippen molar-refractivity contribution in [3.05, 3.63) is 46.5 Å². The lowest BCUT2D eigenvalue weighted by Crippen LogP contribution is -2.20. The minimum atomic E-state index is 0.288. The van der Waals surface area contributed by atoms with Gasteiger partial charge in [0.25, 0.3) is 0 Å². The summed E-state index contributed by atoms with van der Waals surface area (Å²) in [7, 11) is 4.02. The van der Waals surface area contributed by atoms with Crippen molar-refractivity contribution in [1.29, 1.82) is 0 Å². The summed E-state index contributed by atoms with van der Waals surface area (Å²) in [5, 5.41) is 7.93. The van der Waals surface area contributed by atoms with Crippen LogP contribution in [0, 0.1) is 13.8 Å². The van der Waals surface area contributed by atoms with E-state index in [9.17, 15) is 0 Å². The predicted molar refractivity (Wildman–Crippen MR) is 81.8 cm³/mol. The van der Waals surface area contributed by atoms with Gasteiger partial charge >= 0.3 is 0 Å². The molecule has 0 saturated heterocycles. The molecule has 2 heterocycles. The molecule has 0 aromatic carbocycles. The Balaban J connectivity index is 2.25. The van der Waals surface area contributed by atoms with Crippen LogP contribution in [-0.2, 0) is 19.9 Å². The molecule has 1 atom stereocenters. The van der Waals surface area contributed by atoms with E-state index in [4.69, 9.17) is 0 Å². The lowest BCUT2D eigenvalue weighted by atomic mass is 10.0. The zero-order valence-corrected chi connectivity index (χ0v) is 13.1. The van der Waals surface area contributed by atoms with Gasteiger partial charge in [0, 0.05) is 36.6 Å². The maximum atomic E-state index is 4.52. The molecule has 2 aromatic heterocycles. The van der Waals surface area contributed by atoms with E-state index in [0.717, 1.165) is 29.9 Å². The maximum absolute atomic E-state index is 4.52. The van der Waals surface area contributed by atoms with Gasteiger partial charge in [0.15, 0.2) is 0 Å². The number of hydrogen-bond donors (Lipinski definition) is 1. The molecule has 0 spiro atoms. The minimum absolute atomic E-state index is 0.288. The van der Waals surface area contributed by atoms with Crippen LogP contribution in [0.3, 0.4) is 0 Å². The number of nitrogens with one attached hydrogen (secondary N) is 1. The van der Waals surface area contributed by atoms with E-state index in [1.165, 1.54) is 11.3 Å². The molecular formula is C16H24N4. The number of aryl methyl sites for hydroxylation is 4. The highest BCUT2D eigenvalue weighted by Crippen LogP contribution is 2.20. The van der Waals surface area contributed by atoms with Crippen molar-refractivity contribution in [2.24, 2.45) is 7.05 Å². The predicted octanol–water partition coefficient (Wildman–Crippen LogP) is 2.50. The molecular weight excluding hydrogens is 248 g/mol. The fraction of sp³-hybridized carbons (Fsp3) is 0.500. The lowest BCUT2D eigenvalue weighted by Gasteiger charge is -2.17. The summed E-state index contributed by atoms with van der Waals surface area (Å²) in [5.74, 6) is 0. The van der Waals surface area contributed by atoms with Crippen LogP contribution >= 0.6 is 0 Å². The summed E-state index contributed by atoms with van der Waals surface area (Å²) in [6, 6.07) is 6.80. The third-order valence-electron chi connectivity index (χ3n) is 3.66. The molecule has 2 rings (SSSR count). The van der Waals surface area contributed by atoms with Gasteiger partial charge in [-0.3, -0.25) is 9.67 Å². The number of hydrogen-bond acceptors (Lipinski definition) is 3. The molecule has 0 aliphatic carbocycles. The van der Waals surface area contributed by atoms with E-state index in [-0.39, 0.29) is 6.04 Å². The van der Waals surface area contributed by atoms with Gasteiger partial charge in [-0.1, -0.05) is 6.92 Å². The van der Waals surface area contributed by atoms with Crippen LogP contribution in [0.5, 0.6) is 0 Å². The Morgan fingerprint density at radius 3 is 2.35 bits per heavy atom. The third kappa shape index (κ3) is 3.25. The summed E-state index contributed by atoms with van der Waals surface area (Å²) < 4.78 is 1.99. The molecule has 0 radical (unpaired) electrons. The fourth-order valence-electron chi connectivity index (χ4n) is 2.60. The van der Waals surface area contributed by atoms with Crippen molar-refractivity contribution in [1.82, 2.24) is 20.1 Å². The Kier molecular flexibility index (Phi) is 4.55. The molecule has 108 valence electrons. The molecule has 4 nitrogen and oxygen atoms in total. The van der Waals surface area contributed by atoms with E-state index < -0.39 is 0 Å².